The molecular weight excluding hydrogens is 492 g/mol. The molecule has 0 saturated heterocycles. The highest BCUT2D eigenvalue weighted by atomic mass is 127. The number of rotatable bonds is 11. The van der Waals surface area contributed by atoms with Gasteiger partial charge in [0.2, 0.25) is 0 Å². The van der Waals surface area contributed by atoms with Crippen molar-refractivity contribution in [1.82, 2.24) is 4.90 Å². The Kier molecular flexibility index (Phi) is 10.1. The van der Waals surface area contributed by atoms with Crippen LogP contribution in [0.1, 0.15) is 71.1 Å². The maximum atomic E-state index is 11.9. The molecule has 1 rings (SSSR count). The van der Waals surface area contributed by atoms with Crippen LogP contribution < -0.4 is 0 Å². The minimum atomic E-state index is -0.110. The number of imide groups is 1. The summed E-state index contributed by atoms with van der Waals surface area (Å²) in [6.45, 7) is 2.82. The van der Waals surface area contributed by atoms with Crippen molar-refractivity contribution in [2.75, 3.05) is 6.54 Å². The molecule has 0 atom stereocenters. The first kappa shape index (κ1) is 19.4. The van der Waals surface area contributed by atoms with Crippen molar-refractivity contribution in [1.29, 1.82) is 0 Å². The van der Waals surface area contributed by atoms with Gasteiger partial charge in [0.15, 0.2) is 0 Å². The normalized spacial score (nSPS) is 15.5. The Balaban J connectivity index is 2.01. The summed E-state index contributed by atoms with van der Waals surface area (Å²) in [4.78, 5) is 25.1. The molecule has 0 radical (unpaired) electrons. The number of carbonyl (C=O) groups excluding carboxylic acids is 2. The highest BCUT2D eigenvalue weighted by Crippen LogP contribution is 2.30. The topological polar surface area (TPSA) is 37.4 Å². The third-order valence-electron chi connectivity index (χ3n) is 3.79. The summed E-state index contributed by atoms with van der Waals surface area (Å²) in [5.41, 5.74) is 0. The highest BCUT2D eigenvalue weighted by molar-refractivity contribution is 14.1. The predicted octanol–water partition coefficient (Wildman–Crippen LogP) is 5.36. The van der Waals surface area contributed by atoms with Crippen molar-refractivity contribution in [2.24, 2.45) is 0 Å². The van der Waals surface area contributed by atoms with Gasteiger partial charge in [-0.2, -0.15) is 0 Å². The van der Waals surface area contributed by atoms with Crippen molar-refractivity contribution in [2.45, 2.75) is 71.1 Å². The van der Waals surface area contributed by atoms with Crippen LogP contribution in [0.15, 0.2) is 7.16 Å². The van der Waals surface area contributed by atoms with Gasteiger partial charge in [-0.1, -0.05) is 64.7 Å². The molecule has 120 valence electrons. The fraction of sp³-hybridized carbons (Fsp3) is 0.750. The van der Waals surface area contributed by atoms with Crippen molar-refractivity contribution >= 4 is 57.0 Å². The summed E-state index contributed by atoms with van der Waals surface area (Å²) in [6, 6.07) is 0. The lowest BCUT2D eigenvalue weighted by atomic mass is 10.1. The lowest BCUT2D eigenvalue weighted by Crippen LogP contribution is -2.31. The van der Waals surface area contributed by atoms with Crippen LogP contribution in [0.25, 0.3) is 0 Å². The van der Waals surface area contributed by atoms with Crippen LogP contribution in [-0.2, 0) is 9.59 Å². The molecule has 5 heteroatoms. The van der Waals surface area contributed by atoms with Crippen LogP contribution in [-0.4, -0.2) is 23.3 Å². The monoisotopic (exact) mass is 517 g/mol. The molecule has 0 fully saturated rings. The smallest absolute Gasteiger partial charge is 0.268 e. The maximum Gasteiger partial charge on any atom is 0.268 e. The molecule has 0 spiro atoms. The molecule has 1 heterocycles. The molecular formula is C16H25I2NO2. The van der Waals surface area contributed by atoms with E-state index in [1.165, 1.54) is 56.3 Å². The quantitative estimate of drug-likeness (QED) is 0.211. The van der Waals surface area contributed by atoms with Crippen LogP contribution in [0.2, 0.25) is 0 Å². The van der Waals surface area contributed by atoms with Crippen LogP contribution >= 0.6 is 45.2 Å². The van der Waals surface area contributed by atoms with Crippen LogP contribution in [0.5, 0.6) is 0 Å². The summed E-state index contributed by atoms with van der Waals surface area (Å²) in [7, 11) is 0. The first-order valence-corrected chi connectivity index (χ1v) is 10.2. The summed E-state index contributed by atoms with van der Waals surface area (Å²) in [6.07, 6.45) is 12.6. The molecule has 0 aromatic heterocycles. The molecule has 0 unspecified atom stereocenters. The van der Waals surface area contributed by atoms with Gasteiger partial charge in [-0.3, -0.25) is 14.5 Å². The van der Waals surface area contributed by atoms with Gasteiger partial charge in [0.25, 0.3) is 11.8 Å². The average molecular weight is 517 g/mol. The fourth-order valence-corrected chi connectivity index (χ4v) is 3.52. The second-order valence-corrected chi connectivity index (χ2v) is 7.73. The van der Waals surface area contributed by atoms with Gasteiger partial charge in [0, 0.05) is 6.54 Å². The van der Waals surface area contributed by atoms with E-state index in [0.29, 0.717) is 13.7 Å². The van der Waals surface area contributed by atoms with Crippen LogP contribution in [0.4, 0.5) is 0 Å². The van der Waals surface area contributed by atoms with Gasteiger partial charge in [-0.05, 0) is 51.6 Å². The van der Waals surface area contributed by atoms with E-state index in [4.69, 9.17) is 0 Å². The van der Waals surface area contributed by atoms with Gasteiger partial charge in [0.05, 0.1) is 7.16 Å². The number of unbranched alkanes of at least 4 members (excludes halogenated alkanes) is 9. The molecule has 3 nitrogen and oxygen atoms in total. The third kappa shape index (κ3) is 6.54. The zero-order valence-corrected chi connectivity index (χ0v) is 17.1. The summed E-state index contributed by atoms with van der Waals surface area (Å²) in [5.74, 6) is -0.221. The summed E-state index contributed by atoms with van der Waals surface area (Å²) in [5, 5.41) is 0. The number of hydrogen-bond donors (Lipinski definition) is 0. The Morgan fingerprint density at radius 3 is 1.52 bits per heavy atom. The van der Waals surface area contributed by atoms with E-state index < -0.39 is 0 Å². The first-order chi connectivity index (χ1) is 10.1. The third-order valence-corrected chi connectivity index (χ3v) is 6.83. The Labute approximate surface area is 155 Å². The lowest BCUT2D eigenvalue weighted by molar-refractivity contribution is -0.136. The Hall–Kier alpha value is 0.340. The van der Waals surface area contributed by atoms with E-state index >= 15 is 0 Å². The van der Waals surface area contributed by atoms with Crippen molar-refractivity contribution in [3.8, 4) is 0 Å². The second-order valence-electron chi connectivity index (χ2n) is 5.57. The molecule has 1 aliphatic heterocycles. The number of hydrogen-bond acceptors (Lipinski definition) is 2. The minimum absolute atomic E-state index is 0.110. The van der Waals surface area contributed by atoms with Gasteiger partial charge in [-0.25, -0.2) is 0 Å². The second kappa shape index (κ2) is 11.0. The zero-order valence-electron chi connectivity index (χ0n) is 12.8. The van der Waals surface area contributed by atoms with Gasteiger partial charge in [-0.15, -0.1) is 0 Å². The standard InChI is InChI=1S/C16H25I2NO2/c1-2-3-4-5-6-7-8-9-10-11-12-19-15(20)13(17)14(18)16(19)21/h2-12H2,1H3. The van der Waals surface area contributed by atoms with Gasteiger partial charge in [0.1, 0.15) is 0 Å². The van der Waals surface area contributed by atoms with E-state index in [1.54, 1.807) is 0 Å². The van der Waals surface area contributed by atoms with Gasteiger partial charge < -0.3 is 0 Å². The number of amides is 2. The fourth-order valence-electron chi connectivity index (χ4n) is 2.48. The largest absolute Gasteiger partial charge is 0.274 e. The maximum absolute atomic E-state index is 11.9. The Bertz CT molecular complexity index is 370. The lowest BCUT2D eigenvalue weighted by Gasteiger charge is -2.13. The Morgan fingerprint density at radius 2 is 1.10 bits per heavy atom. The average Bonchev–Trinajstić information content (AvgIpc) is 2.66. The number of halogens is 2. The summed E-state index contributed by atoms with van der Waals surface area (Å²) < 4.78 is 1.15. The Morgan fingerprint density at radius 1 is 0.714 bits per heavy atom. The molecule has 0 bridgehead atoms. The van der Waals surface area contributed by atoms with Gasteiger partial charge >= 0.3 is 0 Å². The van der Waals surface area contributed by atoms with Crippen molar-refractivity contribution < 1.29 is 9.59 Å². The molecule has 0 aromatic carbocycles. The molecule has 21 heavy (non-hydrogen) atoms. The number of carbonyl (C=O) groups is 2. The molecule has 0 aliphatic carbocycles. The SMILES string of the molecule is CCCCCCCCCCCCN1C(=O)C(I)=C(I)C1=O. The zero-order chi connectivity index (χ0) is 15.7. The molecule has 1 aliphatic rings. The van der Waals surface area contributed by atoms with Crippen LogP contribution in [0, 0.1) is 0 Å². The highest BCUT2D eigenvalue weighted by Gasteiger charge is 2.34. The minimum Gasteiger partial charge on any atom is -0.274 e. The van der Waals surface area contributed by atoms with Crippen molar-refractivity contribution in [3.63, 3.8) is 0 Å². The first-order valence-electron chi connectivity index (χ1n) is 8.01. The molecule has 2 amide bonds. The van der Waals surface area contributed by atoms with E-state index in [2.05, 4.69) is 6.92 Å². The van der Waals surface area contributed by atoms with E-state index in [-0.39, 0.29) is 11.8 Å². The molecule has 0 aromatic rings. The van der Waals surface area contributed by atoms with E-state index in [0.717, 1.165) is 12.8 Å². The van der Waals surface area contributed by atoms with E-state index in [1.807, 2.05) is 45.2 Å². The molecule has 0 N–H and O–H groups in total. The predicted molar refractivity (Wildman–Crippen MR) is 104 cm³/mol. The number of nitrogens with zero attached hydrogens (tertiary/aromatic N) is 1. The van der Waals surface area contributed by atoms with Crippen molar-refractivity contribution in [3.05, 3.63) is 7.16 Å². The molecule has 0 saturated carbocycles. The summed E-state index contributed by atoms with van der Waals surface area (Å²) >= 11 is 3.93. The van der Waals surface area contributed by atoms with Crippen LogP contribution in [0.3, 0.4) is 0 Å². The van der Waals surface area contributed by atoms with E-state index in [9.17, 15) is 9.59 Å².